The van der Waals surface area contributed by atoms with E-state index in [0.29, 0.717) is 42.5 Å². The largest absolute Gasteiger partial charge is 0.489 e. The van der Waals surface area contributed by atoms with Crippen LogP contribution in [-0.4, -0.2) is 21.7 Å². The highest BCUT2D eigenvalue weighted by Crippen LogP contribution is 2.25. The molecule has 4 rings (SSSR count). The SMILES string of the molecule is CCOC(=O)Cn1c(=O)c2cc(OCc3ccc(Cl)cc3Cl)ccc2n(Cc2ccc(Cl)cc2Cl)c1=O. The maximum Gasteiger partial charge on any atom is 0.332 e. The van der Waals surface area contributed by atoms with Crippen molar-refractivity contribution in [2.45, 2.75) is 26.6 Å². The van der Waals surface area contributed by atoms with Crippen molar-refractivity contribution in [2.24, 2.45) is 0 Å². The Morgan fingerprint density at radius 1 is 0.838 bits per heavy atom. The average molecular weight is 582 g/mol. The fourth-order valence-corrected chi connectivity index (χ4v) is 4.67. The second-order valence-electron chi connectivity index (χ2n) is 8.00. The van der Waals surface area contributed by atoms with Crippen LogP contribution >= 0.6 is 46.4 Å². The second kappa shape index (κ2) is 11.6. The Bertz CT molecular complexity index is 1610. The van der Waals surface area contributed by atoms with Crippen LogP contribution < -0.4 is 16.0 Å². The van der Waals surface area contributed by atoms with Crippen LogP contribution in [0.4, 0.5) is 0 Å². The number of carbonyl (C=O) groups is 1. The predicted molar refractivity (Wildman–Crippen MR) is 145 cm³/mol. The third-order valence-electron chi connectivity index (χ3n) is 5.54. The number of hydrogen-bond acceptors (Lipinski definition) is 5. The molecule has 4 aromatic rings. The maximum atomic E-state index is 13.4. The lowest BCUT2D eigenvalue weighted by Crippen LogP contribution is -2.42. The smallest absolute Gasteiger partial charge is 0.332 e. The van der Waals surface area contributed by atoms with Crippen molar-refractivity contribution in [3.8, 4) is 5.75 Å². The summed E-state index contributed by atoms with van der Waals surface area (Å²) < 4.78 is 13.0. The molecule has 0 aliphatic rings. The van der Waals surface area contributed by atoms with Crippen molar-refractivity contribution in [1.82, 2.24) is 9.13 Å². The van der Waals surface area contributed by atoms with E-state index >= 15 is 0 Å². The van der Waals surface area contributed by atoms with E-state index in [9.17, 15) is 14.4 Å². The normalized spacial score (nSPS) is 11.1. The molecule has 192 valence electrons. The number of esters is 1. The monoisotopic (exact) mass is 580 g/mol. The molecule has 0 aliphatic heterocycles. The topological polar surface area (TPSA) is 79.5 Å². The number of nitrogens with zero attached hydrogens (tertiary/aromatic N) is 2. The van der Waals surface area contributed by atoms with Crippen LogP contribution in [0.5, 0.6) is 5.75 Å². The summed E-state index contributed by atoms with van der Waals surface area (Å²) in [5.74, 6) is -0.338. The van der Waals surface area contributed by atoms with Gasteiger partial charge in [-0.2, -0.15) is 0 Å². The Kier molecular flexibility index (Phi) is 8.49. The summed E-state index contributed by atoms with van der Waals surface area (Å²) >= 11 is 24.5. The Morgan fingerprint density at radius 3 is 2.11 bits per heavy atom. The molecule has 0 bridgehead atoms. The molecule has 0 spiro atoms. The van der Waals surface area contributed by atoms with Crippen molar-refractivity contribution in [3.05, 3.63) is 107 Å². The van der Waals surface area contributed by atoms with Crippen LogP contribution in [0.25, 0.3) is 10.9 Å². The van der Waals surface area contributed by atoms with Gasteiger partial charge in [0.1, 0.15) is 18.9 Å². The molecule has 0 aliphatic carbocycles. The van der Waals surface area contributed by atoms with Gasteiger partial charge in [-0.15, -0.1) is 0 Å². The minimum Gasteiger partial charge on any atom is -0.489 e. The van der Waals surface area contributed by atoms with Gasteiger partial charge >= 0.3 is 11.7 Å². The van der Waals surface area contributed by atoms with E-state index < -0.39 is 23.8 Å². The van der Waals surface area contributed by atoms with Gasteiger partial charge in [-0.1, -0.05) is 58.5 Å². The van der Waals surface area contributed by atoms with E-state index in [4.69, 9.17) is 55.9 Å². The molecule has 0 radical (unpaired) electrons. The lowest BCUT2D eigenvalue weighted by Gasteiger charge is -2.16. The van der Waals surface area contributed by atoms with Crippen LogP contribution in [0.2, 0.25) is 20.1 Å². The summed E-state index contributed by atoms with van der Waals surface area (Å²) in [5, 5.41) is 1.92. The van der Waals surface area contributed by atoms with Crippen molar-refractivity contribution >= 4 is 63.3 Å². The van der Waals surface area contributed by atoms with Gasteiger partial charge in [-0.3, -0.25) is 14.2 Å². The first-order valence-corrected chi connectivity index (χ1v) is 12.6. The van der Waals surface area contributed by atoms with Crippen LogP contribution in [-0.2, 0) is 29.2 Å². The minimum absolute atomic E-state index is 0.0367. The number of ether oxygens (including phenoxy) is 2. The molecule has 11 heteroatoms. The third-order valence-corrected chi connectivity index (χ3v) is 6.72. The molecule has 3 aromatic carbocycles. The van der Waals surface area contributed by atoms with Crippen molar-refractivity contribution < 1.29 is 14.3 Å². The lowest BCUT2D eigenvalue weighted by molar-refractivity contribution is -0.143. The second-order valence-corrected chi connectivity index (χ2v) is 9.69. The Hall–Kier alpha value is -2.97. The molecule has 0 N–H and O–H groups in total. The van der Waals surface area contributed by atoms with Crippen LogP contribution in [0.3, 0.4) is 0 Å². The van der Waals surface area contributed by atoms with E-state index in [1.54, 1.807) is 55.5 Å². The van der Waals surface area contributed by atoms with Crippen LogP contribution in [0.1, 0.15) is 18.1 Å². The fourth-order valence-electron chi connectivity index (χ4n) is 3.74. The summed E-state index contributed by atoms with van der Waals surface area (Å²) in [6.45, 7) is 1.37. The van der Waals surface area contributed by atoms with E-state index in [2.05, 4.69) is 0 Å². The van der Waals surface area contributed by atoms with Gasteiger partial charge in [0, 0.05) is 25.7 Å². The number of halogens is 4. The van der Waals surface area contributed by atoms with Crippen molar-refractivity contribution in [1.29, 1.82) is 0 Å². The van der Waals surface area contributed by atoms with Gasteiger partial charge < -0.3 is 9.47 Å². The molecule has 7 nitrogen and oxygen atoms in total. The highest BCUT2D eigenvalue weighted by molar-refractivity contribution is 6.35. The molecule has 1 heterocycles. The average Bonchev–Trinajstić information content (AvgIpc) is 2.85. The van der Waals surface area contributed by atoms with Crippen LogP contribution in [0.15, 0.2) is 64.2 Å². The Morgan fingerprint density at radius 2 is 1.49 bits per heavy atom. The zero-order valence-corrected chi connectivity index (χ0v) is 22.5. The number of hydrogen-bond donors (Lipinski definition) is 0. The van der Waals surface area contributed by atoms with Gasteiger partial charge in [0.2, 0.25) is 0 Å². The van der Waals surface area contributed by atoms with Gasteiger partial charge in [0.15, 0.2) is 0 Å². The highest BCUT2D eigenvalue weighted by atomic mass is 35.5. The standard InChI is InChI=1S/C26H20Cl4N2O5/c1-2-36-24(33)13-32-25(34)20-11-19(37-14-16-4-6-18(28)10-22(16)30)7-8-23(20)31(26(32)35)12-15-3-5-17(27)9-21(15)29/h3-11H,2,12-14H2,1H3. The van der Waals surface area contributed by atoms with Crippen molar-refractivity contribution in [3.63, 3.8) is 0 Å². The molecular formula is C26H20Cl4N2O5. The first-order valence-electron chi connectivity index (χ1n) is 11.1. The zero-order chi connectivity index (χ0) is 26.7. The van der Waals surface area contributed by atoms with Gasteiger partial charge in [-0.25, -0.2) is 9.36 Å². The summed E-state index contributed by atoms with van der Waals surface area (Å²) in [4.78, 5) is 38.9. The van der Waals surface area contributed by atoms with E-state index in [-0.39, 0.29) is 25.1 Å². The molecule has 1 aromatic heterocycles. The molecule has 0 atom stereocenters. The van der Waals surface area contributed by atoms with Crippen LogP contribution in [0, 0.1) is 0 Å². The van der Waals surface area contributed by atoms with E-state index in [0.717, 1.165) is 4.57 Å². The first-order chi connectivity index (χ1) is 17.7. The number of rotatable bonds is 8. The third kappa shape index (κ3) is 6.13. The number of carbonyl (C=O) groups excluding carboxylic acids is 1. The quantitative estimate of drug-likeness (QED) is 0.240. The first kappa shape index (κ1) is 27.1. The number of aromatic nitrogens is 2. The summed E-state index contributed by atoms with van der Waals surface area (Å²) in [5.41, 5.74) is 0.319. The molecule has 0 saturated carbocycles. The fraction of sp³-hybridized carbons (Fsp3) is 0.192. The number of fused-ring (bicyclic) bond motifs is 1. The summed E-state index contributed by atoms with van der Waals surface area (Å²) in [6.07, 6.45) is 0. The molecule has 0 unspecified atom stereocenters. The minimum atomic E-state index is -0.707. The van der Waals surface area contributed by atoms with Gasteiger partial charge in [0.25, 0.3) is 5.56 Å². The Labute approximate surface area is 231 Å². The lowest BCUT2D eigenvalue weighted by atomic mass is 10.2. The predicted octanol–water partition coefficient (Wildman–Crippen LogP) is 5.97. The molecule has 0 saturated heterocycles. The zero-order valence-electron chi connectivity index (χ0n) is 19.5. The van der Waals surface area contributed by atoms with Crippen molar-refractivity contribution in [2.75, 3.05) is 6.61 Å². The molecule has 0 fully saturated rings. The van der Waals surface area contributed by atoms with Gasteiger partial charge in [0.05, 0.1) is 24.1 Å². The Balaban J connectivity index is 1.80. The molecule has 37 heavy (non-hydrogen) atoms. The van der Waals surface area contributed by atoms with E-state index in [1.807, 2.05) is 0 Å². The maximum absolute atomic E-state index is 13.4. The summed E-state index contributed by atoms with van der Waals surface area (Å²) in [6, 6.07) is 14.7. The van der Waals surface area contributed by atoms with Gasteiger partial charge in [-0.05, 0) is 55.0 Å². The molecule has 0 amide bonds. The highest BCUT2D eigenvalue weighted by Gasteiger charge is 2.18. The number of benzene rings is 3. The molecular weight excluding hydrogens is 562 g/mol. The summed E-state index contributed by atoms with van der Waals surface area (Å²) in [7, 11) is 0. The van der Waals surface area contributed by atoms with E-state index in [1.165, 1.54) is 10.6 Å².